The summed E-state index contributed by atoms with van der Waals surface area (Å²) in [5.41, 5.74) is 0. The summed E-state index contributed by atoms with van der Waals surface area (Å²) in [4.78, 5) is 0. The van der Waals surface area contributed by atoms with Crippen LogP contribution in [0.5, 0.6) is 0 Å². The molecule has 60 valence electrons. The lowest BCUT2D eigenvalue weighted by Gasteiger charge is -1.97. The van der Waals surface area contributed by atoms with Crippen molar-refractivity contribution in [2.75, 3.05) is 6.26 Å². The monoisotopic (exact) mass is 161 g/mol. The Morgan fingerprint density at radius 3 is 2.60 bits per heavy atom. The fourth-order valence-electron chi connectivity index (χ4n) is 0.719. The van der Waals surface area contributed by atoms with Crippen LogP contribution in [0.25, 0.3) is 0 Å². The van der Waals surface area contributed by atoms with Gasteiger partial charge in [-0.3, -0.25) is 0 Å². The SMILES string of the molecule is CCCCC/C(=N/O)SC. The number of rotatable bonds is 4. The molecule has 0 aromatic rings. The van der Waals surface area contributed by atoms with E-state index >= 15 is 0 Å². The fraction of sp³-hybridized carbons (Fsp3) is 0.857. The van der Waals surface area contributed by atoms with Gasteiger partial charge in [-0.25, -0.2) is 0 Å². The minimum absolute atomic E-state index is 0.841. The summed E-state index contributed by atoms with van der Waals surface area (Å²) in [6, 6.07) is 0. The molecule has 0 aliphatic carbocycles. The third kappa shape index (κ3) is 4.68. The van der Waals surface area contributed by atoms with Crippen LogP contribution in [0, 0.1) is 0 Å². The summed E-state index contributed by atoms with van der Waals surface area (Å²) in [7, 11) is 0. The van der Waals surface area contributed by atoms with Crippen molar-refractivity contribution in [1.82, 2.24) is 0 Å². The predicted octanol–water partition coefficient (Wildman–Crippen LogP) is 2.72. The van der Waals surface area contributed by atoms with Gasteiger partial charge in [0.1, 0.15) is 5.04 Å². The van der Waals surface area contributed by atoms with Gasteiger partial charge in [-0.1, -0.05) is 24.9 Å². The average molecular weight is 161 g/mol. The van der Waals surface area contributed by atoms with Crippen LogP contribution in [0.1, 0.15) is 32.6 Å². The van der Waals surface area contributed by atoms with Crippen LogP contribution in [0.3, 0.4) is 0 Å². The number of unbranched alkanes of at least 4 members (excludes halogenated alkanes) is 2. The normalized spacial score (nSPS) is 12.0. The minimum Gasteiger partial charge on any atom is -0.410 e. The molecule has 0 aliphatic rings. The van der Waals surface area contributed by atoms with Crippen molar-refractivity contribution in [2.45, 2.75) is 32.6 Å². The molecular weight excluding hydrogens is 146 g/mol. The average Bonchev–Trinajstić information content (AvgIpc) is 1.99. The molecule has 0 unspecified atom stereocenters. The second-order valence-electron chi connectivity index (χ2n) is 2.15. The second-order valence-corrected chi connectivity index (χ2v) is 3.03. The van der Waals surface area contributed by atoms with E-state index < -0.39 is 0 Å². The summed E-state index contributed by atoms with van der Waals surface area (Å²) < 4.78 is 0. The number of hydrogen-bond acceptors (Lipinski definition) is 3. The Balaban J connectivity index is 3.27. The second kappa shape index (κ2) is 6.93. The Hall–Kier alpha value is -0.180. The first-order valence-electron chi connectivity index (χ1n) is 3.60. The Labute approximate surface area is 66.7 Å². The van der Waals surface area contributed by atoms with Gasteiger partial charge in [-0.05, 0) is 19.1 Å². The van der Waals surface area contributed by atoms with E-state index in [4.69, 9.17) is 5.21 Å². The Morgan fingerprint density at radius 1 is 1.50 bits per heavy atom. The molecule has 0 spiro atoms. The zero-order chi connectivity index (χ0) is 7.82. The molecule has 0 aliphatic heterocycles. The van der Waals surface area contributed by atoms with E-state index in [1.165, 1.54) is 24.6 Å². The lowest BCUT2D eigenvalue weighted by Crippen LogP contribution is -1.90. The first-order chi connectivity index (χ1) is 4.85. The molecule has 0 aromatic carbocycles. The number of thioether (sulfide) groups is 1. The zero-order valence-electron chi connectivity index (χ0n) is 6.63. The maximum absolute atomic E-state index is 8.39. The highest BCUT2D eigenvalue weighted by Gasteiger charge is 1.95. The molecule has 0 radical (unpaired) electrons. The maximum atomic E-state index is 8.39. The van der Waals surface area contributed by atoms with Gasteiger partial charge < -0.3 is 5.21 Å². The third-order valence-corrected chi connectivity index (χ3v) is 2.10. The maximum Gasteiger partial charge on any atom is 0.112 e. The Kier molecular flexibility index (Phi) is 6.81. The van der Waals surface area contributed by atoms with Gasteiger partial charge in [0.2, 0.25) is 0 Å². The van der Waals surface area contributed by atoms with Crippen molar-refractivity contribution in [3.05, 3.63) is 0 Å². The standard InChI is InChI=1S/C7H15NOS/c1-3-4-5-6-7(8-9)10-2/h9H,3-6H2,1-2H3/b8-7-. The summed E-state index contributed by atoms with van der Waals surface area (Å²) in [5.74, 6) is 0. The Bertz CT molecular complexity index is 104. The van der Waals surface area contributed by atoms with Crippen molar-refractivity contribution < 1.29 is 5.21 Å². The van der Waals surface area contributed by atoms with Crippen LogP contribution in [0.15, 0.2) is 5.16 Å². The van der Waals surface area contributed by atoms with E-state index in [-0.39, 0.29) is 0 Å². The van der Waals surface area contributed by atoms with Crippen molar-refractivity contribution in [3.63, 3.8) is 0 Å². The van der Waals surface area contributed by atoms with Gasteiger partial charge in [0.05, 0.1) is 0 Å². The van der Waals surface area contributed by atoms with E-state index in [1.54, 1.807) is 0 Å². The smallest absolute Gasteiger partial charge is 0.112 e. The van der Waals surface area contributed by atoms with Crippen LogP contribution < -0.4 is 0 Å². The molecule has 0 amide bonds. The Morgan fingerprint density at radius 2 is 2.20 bits per heavy atom. The van der Waals surface area contributed by atoms with Gasteiger partial charge in [0.25, 0.3) is 0 Å². The van der Waals surface area contributed by atoms with Crippen LogP contribution in [-0.2, 0) is 0 Å². The largest absolute Gasteiger partial charge is 0.410 e. The fourth-order valence-corrected chi connectivity index (χ4v) is 1.15. The molecule has 0 rings (SSSR count). The van der Waals surface area contributed by atoms with Crippen molar-refractivity contribution in [2.24, 2.45) is 5.16 Å². The van der Waals surface area contributed by atoms with Crippen LogP contribution >= 0.6 is 11.8 Å². The van der Waals surface area contributed by atoms with Gasteiger partial charge in [-0.2, -0.15) is 0 Å². The first-order valence-corrected chi connectivity index (χ1v) is 4.82. The zero-order valence-corrected chi connectivity index (χ0v) is 7.45. The topological polar surface area (TPSA) is 32.6 Å². The highest BCUT2D eigenvalue weighted by atomic mass is 32.2. The van der Waals surface area contributed by atoms with Gasteiger partial charge in [-0.15, -0.1) is 11.8 Å². The molecule has 0 aromatic heterocycles. The third-order valence-electron chi connectivity index (χ3n) is 1.34. The van der Waals surface area contributed by atoms with Crippen LogP contribution in [-0.4, -0.2) is 16.5 Å². The van der Waals surface area contributed by atoms with Crippen molar-refractivity contribution in [3.8, 4) is 0 Å². The molecule has 3 heteroatoms. The molecule has 0 saturated heterocycles. The molecule has 0 atom stereocenters. The van der Waals surface area contributed by atoms with E-state index in [2.05, 4.69) is 12.1 Å². The van der Waals surface area contributed by atoms with E-state index in [0.717, 1.165) is 17.9 Å². The predicted molar refractivity (Wildman–Crippen MR) is 46.9 cm³/mol. The molecule has 2 nitrogen and oxygen atoms in total. The molecular formula is C7H15NOS. The minimum atomic E-state index is 0.841. The summed E-state index contributed by atoms with van der Waals surface area (Å²) in [6.45, 7) is 2.16. The highest BCUT2D eigenvalue weighted by molar-refractivity contribution is 8.13. The van der Waals surface area contributed by atoms with E-state index in [0.29, 0.717) is 0 Å². The quantitative estimate of drug-likeness (QED) is 0.226. The van der Waals surface area contributed by atoms with Crippen molar-refractivity contribution >= 4 is 16.8 Å². The summed E-state index contributed by atoms with van der Waals surface area (Å²) >= 11 is 1.52. The molecule has 0 fully saturated rings. The lowest BCUT2D eigenvalue weighted by atomic mass is 10.2. The molecule has 0 saturated carbocycles. The summed E-state index contributed by atoms with van der Waals surface area (Å²) in [6.07, 6.45) is 6.43. The molecule has 0 bridgehead atoms. The van der Waals surface area contributed by atoms with Gasteiger partial charge in [0.15, 0.2) is 0 Å². The van der Waals surface area contributed by atoms with Crippen LogP contribution in [0.4, 0.5) is 0 Å². The van der Waals surface area contributed by atoms with E-state index in [9.17, 15) is 0 Å². The van der Waals surface area contributed by atoms with Crippen molar-refractivity contribution in [1.29, 1.82) is 0 Å². The highest BCUT2D eigenvalue weighted by Crippen LogP contribution is 2.07. The number of hydrogen-bond donors (Lipinski definition) is 1. The first kappa shape index (κ1) is 9.82. The number of oxime groups is 1. The van der Waals surface area contributed by atoms with Crippen LogP contribution in [0.2, 0.25) is 0 Å². The molecule has 1 N–H and O–H groups in total. The summed E-state index contributed by atoms with van der Waals surface area (Å²) in [5, 5.41) is 12.4. The van der Waals surface area contributed by atoms with Gasteiger partial charge in [0, 0.05) is 0 Å². The number of nitrogens with zero attached hydrogens (tertiary/aromatic N) is 1. The van der Waals surface area contributed by atoms with Gasteiger partial charge >= 0.3 is 0 Å². The molecule has 10 heavy (non-hydrogen) atoms. The lowest BCUT2D eigenvalue weighted by molar-refractivity contribution is 0.319. The molecule has 0 heterocycles. The van der Waals surface area contributed by atoms with E-state index in [1.807, 2.05) is 6.26 Å².